The first-order valence-electron chi connectivity index (χ1n) is 15.1. The van der Waals surface area contributed by atoms with Gasteiger partial charge >= 0.3 is 5.97 Å². The number of unbranched alkanes of at least 4 members (excludes halogenated alkanes) is 1. The summed E-state index contributed by atoms with van der Waals surface area (Å²) in [6.07, 6.45) is 6.77. The highest BCUT2D eigenvalue weighted by Gasteiger charge is 2.79. The van der Waals surface area contributed by atoms with Crippen LogP contribution in [0.15, 0.2) is 67.8 Å². The molecule has 42 heavy (non-hydrogen) atoms. The highest BCUT2D eigenvalue weighted by molar-refractivity contribution is 6.05. The monoisotopic (exact) mass is 574 g/mol. The number of esters is 1. The number of hydrogen-bond donors (Lipinski definition) is 1. The van der Waals surface area contributed by atoms with Crippen molar-refractivity contribution in [1.29, 1.82) is 0 Å². The molecule has 0 aliphatic carbocycles. The van der Waals surface area contributed by atoms with Gasteiger partial charge in [-0.3, -0.25) is 14.4 Å². The van der Waals surface area contributed by atoms with Gasteiger partial charge in [-0.05, 0) is 61.4 Å². The molecule has 3 fully saturated rings. The number of anilines is 1. The molecule has 8 nitrogen and oxygen atoms in total. The maximum Gasteiger partial charge on any atom is 0.312 e. The number of nitrogens with zero attached hydrogens (tertiary/aromatic N) is 2. The molecule has 3 aliphatic rings. The van der Waals surface area contributed by atoms with Crippen LogP contribution in [0, 0.1) is 11.8 Å². The molecule has 0 saturated carbocycles. The van der Waals surface area contributed by atoms with Crippen LogP contribution in [0.25, 0.3) is 10.8 Å². The van der Waals surface area contributed by atoms with E-state index in [9.17, 15) is 19.5 Å². The first-order chi connectivity index (χ1) is 20.3. The molecule has 6 atom stereocenters. The molecule has 3 saturated heterocycles. The number of ether oxygens (including phenoxy) is 2. The summed E-state index contributed by atoms with van der Waals surface area (Å²) in [7, 11) is 0. The number of fused-ring (bicyclic) bond motifs is 2. The third-order valence-corrected chi connectivity index (χ3v) is 9.60. The second kappa shape index (κ2) is 12.0. The van der Waals surface area contributed by atoms with Gasteiger partial charge in [0.25, 0.3) is 5.91 Å². The zero-order valence-corrected chi connectivity index (χ0v) is 24.7. The lowest BCUT2D eigenvalue weighted by atomic mass is 9.65. The maximum absolute atomic E-state index is 14.8. The Morgan fingerprint density at radius 3 is 2.60 bits per heavy atom. The van der Waals surface area contributed by atoms with Crippen LogP contribution >= 0.6 is 0 Å². The van der Waals surface area contributed by atoms with Crippen LogP contribution < -0.4 is 4.90 Å². The first kappa shape index (κ1) is 30.0. The molecule has 0 aromatic heterocycles. The van der Waals surface area contributed by atoms with Crippen LogP contribution in [0.4, 0.5) is 5.69 Å². The molecule has 8 heteroatoms. The van der Waals surface area contributed by atoms with Gasteiger partial charge in [0.1, 0.15) is 17.6 Å². The van der Waals surface area contributed by atoms with Crippen molar-refractivity contribution in [2.45, 2.75) is 75.7 Å². The van der Waals surface area contributed by atoms with Gasteiger partial charge in [0.05, 0.1) is 30.8 Å². The predicted octanol–water partition coefficient (Wildman–Crippen LogP) is 4.79. The molecule has 2 amide bonds. The largest absolute Gasteiger partial charge is 0.465 e. The molecular formula is C34H42N2O6. The van der Waals surface area contributed by atoms with Crippen molar-refractivity contribution in [3.8, 4) is 0 Å². The topological polar surface area (TPSA) is 96.4 Å². The van der Waals surface area contributed by atoms with E-state index in [2.05, 4.69) is 13.2 Å². The molecule has 1 spiro atoms. The van der Waals surface area contributed by atoms with Gasteiger partial charge in [-0.1, -0.05) is 56.3 Å². The molecule has 3 heterocycles. The van der Waals surface area contributed by atoms with Crippen molar-refractivity contribution >= 4 is 34.2 Å². The lowest BCUT2D eigenvalue weighted by Crippen LogP contribution is -2.59. The normalized spacial score (nSPS) is 28.5. The van der Waals surface area contributed by atoms with Crippen LogP contribution in [0.5, 0.6) is 0 Å². The number of aliphatic hydroxyl groups is 1. The van der Waals surface area contributed by atoms with E-state index in [1.54, 1.807) is 17.1 Å². The van der Waals surface area contributed by atoms with E-state index in [0.29, 0.717) is 44.2 Å². The highest BCUT2D eigenvalue weighted by atomic mass is 16.6. The first-order valence-corrected chi connectivity index (χ1v) is 15.1. The third kappa shape index (κ3) is 4.65. The second-order valence-corrected chi connectivity index (χ2v) is 11.7. The van der Waals surface area contributed by atoms with Crippen molar-refractivity contribution in [2.24, 2.45) is 11.8 Å². The Kier molecular flexibility index (Phi) is 8.58. The molecule has 224 valence electrons. The summed E-state index contributed by atoms with van der Waals surface area (Å²) in [6.45, 7) is 11.6. The van der Waals surface area contributed by atoms with Crippen LogP contribution in [0.3, 0.4) is 0 Å². The van der Waals surface area contributed by atoms with Crippen LogP contribution in [0.2, 0.25) is 0 Å². The molecule has 5 rings (SSSR count). The van der Waals surface area contributed by atoms with E-state index in [0.717, 1.165) is 10.8 Å². The van der Waals surface area contributed by atoms with E-state index in [1.807, 2.05) is 56.3 Å². The molecule has 2 bridgehead atoms. The van der Waals surface area contributed by atoms with Gasteiger partial charge in [0, 0.05) is 12.2 Å². The third-order valence-electron chi connectivity index (χ3n) is 9.60. The van der Waals surface area contributed by atoms with E-state index < -0.39 is 41.1 Å². The van der Waals surface area contributed by atoms with Gasteiger partial charge in [0.2, 0.25) is 5.91 Å². The number of hydrogen-bond acceptors (Lipinski definition) is 6. The molecule has 0 radical (unpaired) electrons. The predicted molar refractivity (Wildman–Crippen MR) is 162 cm³/mol. The highest BCUT2D eigenvalue weighted by Crippen LogP contribution is 2.65. The fourth-order valence-electron chi connectivity index (χ4n) is 7.54. The quantitative estimate of drug-likeness (QED) is 0.210. The number of carbonyl (C=O) groups is 3. The van der Waals surface area contributed by atoms with Gasteiger partial charge in [-0.25, -0.2) is 0 Å². The molecule has 2 aromatic rings. The summed E-state index contributed by atoms with van der Waals surface area (Å²) in [5.74, 6) is -2.77. The Balaban J connectivity index is 1.58. The van der Waals surface area contributed by atoms with Gasteiger partial charge in [0.15, 0.2) is 0 Å². The van der Waals surface area contributed by atoms with Crippen LogP contribution in [0.1, 0.15) is 52.4 Å². The minimum Gasteiger partial charge on any atom is -0.465 e. The number of amides is 2. The number of likely N-dealkylation sites (tertiary alicyclic amines) is 1. The minimum absolute atomic E-state index is 0.222. The van der Waals surface area contributed by atoms with Gasteiger partial charge in [-0.2, -0.15) is 0 Å². The maximum atomic E-state index is 14.8. The smallest absolute Gasteiger partial charge is 0.312 e. The lowest BCUT2D eigenvalue weighted by molar-refractivity contribution is -0.162. The van der Waals surface area contributed by atoms with E-state index in [-0.39, 0.29) is 31.6 Å². The summed E-state index contributed by atoms with van der Waals surface area (Å²) < 4.78 is 12.6. The Morgan fingerprint density at radius 1 is 1.17 bits per heavy atom. The molecule has 2 aromatic carbocycles. The number of allylic oxidation sites excluding steroid dienone is 1. The van der Waals surface area contributed by atoms with Crippen molar-refractivity contribution in [3.05, 3.63) is 67.8 Å². The fraction of sp³-hybridized carbons (Fsp3) is 0.500. The lowest BCUT2D eigenvalue weighted by Gasteiger charge is -2.39. The average Bonchev–Trinajstić information content (AvgIpc) is 3.62. The molecule has 3 aliphatic heterocycles. The minimum atomic E-state index is -1.20. The van der Waals surface area contributed by atoms with Gasteiger partial charge in [-0.15, -0.1) is 13.2 Å². The fourth-order valence-corrected chi connectivity index (χ4v) is 7.54. The Bertz CT molecular complexity index is 1370. The zero-order chi connectivity index (χ0) is 30.1. The zero-order valence-electron chi connectivity index (χ0n) is 24.7. The van der Waals surface area contributed by atoms with E-state index in [4.69, 9.17) is 9.47 Å². The van der Waals surface area contributed by atoms with Gasteiger partial charge < -0.3 is 24.4 Å². The van der Waals surface area contributed by atoms with E-state index >= 15 is 0 Å². The molecule has 1 N–H and O–H groups in total. The van der Waals surface area contributed by atoms with Crippen molar-refractivity contribution < 1.29 is 29.0 Å². The standard InChI is InChI=1S/C34H42N2O6/c1-5-9-12-20-41-32(40)28-27-30(38)36(25(7-3)22-37)29(34(27)18-17-33(28,8-4)42-34)31(39)35(19-6-2)26-16-15-23-13-10-11-14-24(23)21-26/h5-6,10-11,13-16,21,25,27-29,37H,1-2,7-9,12,17-20,22H2,3-4H3/t25-,27-,28-,29?,33+,34?/m0/s1. The Hall–Kier alpha value is -3.49. The number of carbonyl (C=O) groups excluding carboxylic acids is 3. The Morgan fingerprint density at radius 2 is 1.93 bits per heavy atom. The molecular weight excluding hydrogens is 532 g/mol. The molecule has 2 unspecified atom stereocenters. The number of rotatable bonds is 13. The van der Waals surface area contributed by atoms with Crippen molar-refractivity contribution in [2.75, 3.05) is 24.7 Å². The average molecular weight is 575 g/mol. The van der Waals surface area contributed by atoms with Crippen LogP contribution in [-0.2, 0) is 23.9 Å². The number of benzene rings is 2. The summed E-state index contributed by atoms with van der Waals surface area (Å²) in [6, 6.07) is 12.1. The van der Waals surface area contributed by atoms with E-state index in [1.165, 1.54) is 4.90 Å². The number of aliphatic hydroxyl groups excluding tert-OH is 1. The summed E-state index contributed by atoms with van der Waals surface area (Å²) in [5.41, 5.74) is -1.40. The summed E-state index contributed by atoms with van der Waals surface area (Å²) in [4.78, 5) is 46.0. The van der Waals surface area contributed by atoms with Crippen molar-refractivity contribution in [1.82, 2.24) is 4.90 Å². The summed E-state index contributed by atoms with van der Waals surface area (Å²) in [5, 5.41) is 12.4. The Labute approximate surface area is 248 Å². The second-order valence-electron chi connectivity index (χ2n) is 11.7. The van der Waals surface area contributed by atoms with Crippen LogP contribution in [-0.4, -0.2) is 70.8 Å². The summed E-state index contributed by atoms with van der Waals surface area (Å²) >= 11 is 0. The SMILES string of the molecule is C=CCCCOC(=O)[C@@H]1[C@H]2C(=O)N([C@@H](CC)CO)C(C(=O)N(CC=C)c3ccc4ccccc4c3)C23CC[C@@]1(CC)O3. The van der Waals surface area contributed by atoms with Crippen molar-refractivity contribution in [3.63, 3.8) is 0 Å².